The summed E-state index contributed by atoms with van der Waals surface area (Å²) in [5.74, 6) is 1.55. The number of nitrogens with one attached hydrogen (secondary N) is 3. The van der Waals surface area contributed by atoms with Crippen molar-refractivity contribution in [1.82, 2.24) is 16.0 Å². The second kappa shape index (κ2) is 9.86. The molecule has 1 aromatic carbocycles. The summed E-state index contributed by atoms with van der Waals surface area (Å²) in [5.41, 5.74) is 1.82. The second-order valence-corrected chi connectivity index (χ2v) is 6.37. The van der Waals surface area contributed by atoms with Crippen LogP contribution in [-0.2, 0) is 6.54 Å². The molecule has 24 heavy (non-hydrogen) atoms. The molecule has 3 atom stereocenters. The van der Waals surface area contributed by atoms with Gasteiger partial charge in [-0.3, -0.25) is 9.79 Å². The molecule has 0 bridgehead atoms. The smallest absolute Gasteiger partial charge is 0.251 e. The lowest BCUT2D eigenvalue weighted by molar-refractivity contribution is 0.0939. The Morgan fingerprint density at radius 3 is 2.46 bits per heavy atom. The van der Waals surface area contributed by atoms with E-state index in [4.69, 9.17) is 0 Å². The molecule has 1 amide bonds. The van der Waals surface area contributed by atoms with Crippen LogP contribution in [0.2, 0.25) is 0 Å². The number of rotatable bonds is 6. The molecule has 1 aliphatic carbocycles. The number of hydrogen-bond acceptors (Lipinski definition) is 2. The van der Waals surface area contributed by atoms with Gasteiger partial charge in [0.2, 0.25) is 0 Å². The van der Waals surface area contributed by atoms with Crippen molar-refractivity contribution in [3.63, 3.8) is 0 Å². The van der Waals surface area contributed by atoms with Gasteiger partial charge >= 0.3 is 0 Å². The first kappa shape index (κ1) is 20.7. The zero-order chi connectivity index (χ0) is 16.8. The SMILES string of the molecule is CCC(C)NC(=O)c1ccc(CNC(=NC)NC2CC2C)cc1.I. The first-order chi connectivity index (χ1) is 11.0. The maximum Gasteiger partial charge on any atom is 0.251 e. The molecule has 1 saturated carbocycles. The summed E-state index contributed by atoms with van der Waals surface area (Å²) in [6.45, 7) is 6.99. The van der Waals surface area contributed by atoms with Crippen molar-refractivity contribution in [3.05, 3.63) is 35.4 Å². The molecular formula is C18H29IN4O. The fourth-order valence-electron chi connectivity index (χ4n) is 2.26. The number of guanidine groups is 1. The predicted molar refractivity (Wildman–Crippen MR) is 110 cm³/mol. The first-order valence-corrected chi connectivity index (χ1v) is 8.40. The Balaban J connectivity index is 0.00000288. The predicted octanol–water partition coefficient (Wildman–Crippen LogP) is 2.91. The van der Waals surface area contributed by atoms with Crippen LogP contribution in [0.4, 0.5) is 0 Å². The van der Waals surface area contributed by atoms with E-state index < -0.39 is 0 Å². The summed E-state index contributed by atoms with van der Waals surface area (Å²) >= 11 is 0. The third-order valence-corrected chi connectivity index (χ3v) is 4.32. The van der Waals surface area contributed by atoms with Gasteiger partial charge in [-0.2, -0.15) is 0 Å². The lowest BCUT2D eigenvalue weighted by atomic mass is 10.1. The maximum atomic E-state index is 12.0. The van der Waals surface area contributed by atoms with E-state index >= 15 is 0 Å². The molecule has 0 saturated heterocycles. The zero-order valence-corrected chi connectivity index (χ0v) is 17.3. The van der Waals surface area contributed by atoms with Crippen molar-refractivity contribution < 1.29 is 4.79 Å². The van der Waals surface area contributed by atoms with Crippen molar-refractivity contribution >= 4 is 35.8 Å². The van der Waals surface area contributed by atoms with Crippen LogP contribution in [-0.4, -0.2) is 31.0 Å². The number of carbonyl (C=O) groups excluding carboxylic acids is 1. The van der Waals surface area contributed by atoms with Gasteiger partial charge in [0, 0.05) is 31.2 Å². The summed E-state index contributed by atoms with van der Waals surface area (Å²) < 4.78 is 0. The van der Waals surface area contributed by atoms with Crippen LogP contribution in [0.15, 0.2) is 29.3 Å². The quantitative estimate of drug-likeness (QED) is 0.359. The van der Waals surface area contributed by atoms with Crippen LogP contribution >= 0.6 is 24.0 Å². The molecule has 1 fully saturated rings. The Hall–Kier alpha value is -1.31. The molecule has 0 aliphatic heterocycles. The van der Waals surface area contributed by atoms with Gasteiger partial charge in [-0.25, -0.2) is 0 Å². The summed E-state index contributed by atoms with van der Waals surface area (Å²) in [5, 5.41) is 9.67. The molecule has 134 valence electrons. The minimum atomic E-state index is -0.0148. The van der Waals surface area contributed by atoms with Crippen molar-refractivity contribution in [3.8, 4) is 0 Å². The highest BCUT2D eigenvalue weighted by molar-refractivity contribution is 14.0. The van der Waals surface area contributed by atoms with Crippen molar-refractivity contribution in [1.29, 1.82) is 0 Å². The Labute approximate surface area is 162 Å². The van der Waals surface area contributed by atoms with Crippen LogP contribution in [0.3, 0.4) is 0 Å². The molecule has 6 heteroatoms. The molecule has 5 nitrogen and oxygen atoms in total. The molecule has 3 unspecified atom stereocenters. The zero-order valence-electron chi connectivity index (χ0n) is 14.9. The van der Waals surface area contributed by atoms with E-state index in [2.05, 4.69) is 34.8 Å². The lowest BCUT2D eigenvalue weighted by Gasteiger charge is -2.13. The minimum Gasteiger partial charge on any atom is -0.353 e. The van der Waals surface area contributed by atoms with E-state index in [1.165, 1.54) is 6.42 Å². The number of carbonyl (C=O) groups is 1. The minimum absolute atomic E-state index is 0. The molecule has 1 aromatic rings. The van der Waals surface area contributed by atoms with E-state index in [1.54, 1.807) is 7.05 Å². The molecule has 2 rings (SSSR count). The maximum absolute atomic E-state index is 12.0. The second-order valence-electron chi connectivity index (χ2n) is 6.37. The molecule has 3 N–H and O–H groups in total. The number of aliphatic imine (C=N–C) groups is 1. The monoisotopic (exact) mass is 444 g/mol. The normalized spacial score (nSPS) is 20.6. The fourth-order valence-corrected chi connectivity index (χ4v) is 2.26. The molecule has 0 radical (unpaired) electrons. The van der Waals surface area contributed by atoms with Gasteiger partial charge in [-0.05, 0) is 43.4 Å². The summed E-state index contributed by atoms with van der Waals surface area (Å²) in [6.07, 6.45) is 2.14. The van der Waals surface area contributed by atoms with E-state index in [-0.39, 0.29) is 35.9 Å². The first-order valence-electron chi connectivity index (χ1n) is 8.40. The summed E-state index contributed by atoms with van der Waals surface area (Å²) in [7, 11) is 1.78. The van der Waals surface area contributed by atoms with Crippen molar-refractivity contribution in [2.24, 2.45) is 10.9 Å². The standard InChI is InChI=1S/C18H28N4O.HI/c1-5-13(3)21-17(23)15-8-6-14(7-9-15)11-20-18(19-4)22-16-10-12(16)2;/h6-9,12-13,16H,5,10-11H2,1-4H3,(H,21,23)(H2,19,20,22);1H. The van der Waals surface area contributed by atoms with Gasteiger partial charge in [-0.1, -0.05) is 26.0 Å². The highest BCUT2D eigenvalue weighted by atomic mass is 127. The Morgan fingerprint density at radius 2 is 1.96 bits per heavy atom. The number of nitrogens with zero attached hydrogens (tertiary/aromatic N) is 1. The molecule has 1 aliphatic rings. The Bertz CT molecular complexity index is 559. The lowest BCUT2D eigenvalue weighted by Crippen LogP contribution is -2.38. The average Bonchev–Trinajstić information content (AvgIpc) is 3.26. The van der Waals surface area contributed by atoms with E-state index in [9.17, 15) is 4.79 Å². The molecule has 0 heterocycles. The van der Waals surface area contributed by atoms with Crippen molar-refractivity contribution in [2.45, 2.75) is 52.2 Å². The highest BCUT2D eigenvalue weighted by Crippen LogP contribution is 2.28. The van der Waals surface area contributed by atoms with Gasteiger partial charge in [0.05, 0.1) is 0 Å². The van der Waals surface area contributed by atoms with Gasteiger partial charge in [0.15, 0.2) is 5.96 Å². The number of hydrogen-bond donors (Lipinski definition) is 3. The average molecular weight is 444 g/mol. The third kappa shape index (κ3) is 6.30. The Kier molecular flexibility index (Phi) is 8.52. The molecule has 0 aromatic heterocycles. The topological polar surface area (TPSA) is 65.5 Å². The third-order valence-electron chi connectivity index (χ3n) is 4.32. The van der Waals surface area contributed by atoms with Gasteiger partial charge < -0.3 is 16.0 Å². The molecular weight excluding hydrogens is 415 g/mol. The largest absolute Gasteiger partial charge is 0.353 e. The van der Waals surface area contributed by atoms with Gasteiger partial charge in [0.25, 0.3) is 5.91 Å². The fraction of sp³-hybridized carbons (Fsp3) is 0.556. The van der Waals surface area contributed by atoms with E-state index in [0.717, 1.165) is 23.9 Å². The molecule has 0 spiro atoms. The summed E-state index contributed by atoms with van der Waals surface area (Å²) in [6, 6.07) is 8.44. The van der Waals surface area contributed by atoms with Gasteiger partial charge in [-0.15, -0.1) is 24.0 Å². The Morgan fingerprint density at radius 1 is 1.33 bits per heavy atom. The van der Waals surface area contributed by atoms with E-state index in [0.29, 0.717) is 18.2 Å². The number of amides is 1. The van der Waals surface area contributed by atoms with Crippen LogP contribution < -0.4 is 16.0 Å². The van der Waals surface area contributed by atoms with Crippen LogP contribution in [0.25, 0.3) is 0 Å². The summed E-state index contributed by atoms with van der Waals surface area (Å²) in [4.78, 5) is 16.3. The van der Waals surface area contributed by atoms with Crippen LogP contribution in [0.5, 0.6) is 0 Å². The van der Waals surface area contributed by atoms with Crippen molar-refractivity contribution in [2.75, 3.05) is 7.05 Å². The van der Waals surface area contributed by atoms with E-state index in [1.807, 2.05) is 31.2 Å². The number of benzene rings is 1. The van der Waals surface area contributed by atoms with Gasteiger partial charge in [0.1, 0.15) is 0 Å². The van der Waals surface area contributed by atoms with Crippen LogP contribution in [0.1, 0.15) is 49.5 Å². The number of halogens is 1. The highest BCUT2D eigenvalue weighted by Gasteiger charge is 2.33. The van der Waals surface area contributed by atoms with Crippen LogP contribution in [0, 0.1) is 5.92 Å².